The van der Waals surface area contributed by atoms with Crippen LogP contribution in [0.4, 0.5) is 0 Å². The van der Waals surface area contributed by atoms with Gasteiger partial charge in [0.15, 0.2) is 0 Å². The number of carbonyl (C=O) groups is 1. The first kappa shape index (κ1) is 13.0. The summed E-state index contributed by atoms with van der Waals surface area (Å²) in [5.74, 6) is -0.236. The normalized spacial score (nSPS) is 10.6. The van der Waals surface area contributed by atoms with Crippen molar-refractivity contribution in [2.24, 2.45) is 0 Å². The van der Waals surface area contributed by atoms with E-state index in [1.165, 1.54) is 0 Å². The van der Waals surface area contributed by atoms with Crippen molar-refractivity contribution in [2.45, 2.75) is 40.2 Å². The van der Waals surface area contributed by atoms with Gasteiger partial charge < -0.3 is 4.74 Å². The zero-order chi connectivity index (χ0) is 12.3. The summed E-state index contributed by atoms with van der Waals surface area (Å²) < 4.78 is 5.08. The summed E-state index contributed by atoms with van der Waals surface area (Å²) in [6.45, 7) is 7.67. The zero-order valence-corrected chi connectivity index (χ0v) is 10.9. The summed E-state index contributed by atoms with van der Waals surface area (Å²) in [4.78, 5) is 11.5. The molecule has 3 heteroatoms. The Morgan fingerprint density at radius 2 is 1.88 bits per heavy atom. The molecule has 16 heavy (non-hydrogen) atoms. The van der Waals surface area contributed by atoms with Crippen molar-refractivity contribution >= 4 is 17.6 Å². The summed E-state index contributed by atoms with van der Waals surface area (Å²) >= 11 is 6.07. The number of halogens is 1. The minimum atomic E-state index is -0.236. The summed E-state index contributed by atoms with van der Waals surface area (Å²) in [5.41, 5.74) is 3.10. The van der Waals surface area contributed by atoms with E-state index < -0.39 is 0 Å². The van der Waals surface area contributed by atoms with Crippen LogP contribution in [-0.4, -0.2) is 12.1 Å². The van der Waals surface area contributed by atoms with E-state index in [4.69, 9.17) is 16.3 Å². The number of hydrogen-bond acceptors (Lipinski definition) is 2. The first-order valence-corrected chi connectivity index (χ1v) is 5.73. The molecule has 0 unspecified atom stereocenters. The Bertz CT molecular complexity index is 397. The Balaban J connectivity index is 2.81. The van der Waals surface area contributed by atoms with Crippen LogP contribution in [0.3, 0.4) is 0 Å². The van der Waals surface area contributed by atoms with Gasteiger partial charge in [-0.15, -0.1) is 0 Å². The highest BCUT2D eigenvalue weighted by atomic mass is 35.5. The lowest BCUT2D eigenvalue weighted by atomic mass is 10.0. The van der Waals surface area contributed by atoms with E-state index >= 15 is 0 Å². The molecule has 88 valence electrons. The molecule has 0 aliphatic rings. The van der Waals surface area contributed by atoms with Crippen LogP contribution in [0.2, 0.25) is 5.02 Å². The van der Waals surface area contributed by atoms with Gasteiger partial charge in [-0.1, -0.05) is 17.7 Å². The fraction of sp³-hybridized carbons (Fsp3) is 0.462. The Morgan fingerprint density at radius 3 is 2.44 bits per heavy atom. The van der Waals surface area contributed by atoms with Gasteiger partial charge in [0.1, 0.15) is 0 Å². The molecule has 0 aromatic heterocycles. The van der Waals surface area contributed by atoms with E-state index in [0.29, 0.717) is 5.02 Å². The van der Waals surface area contributed by atoms with Crippen molar-refractivity contribution in [3.05, 3.63) is 33.8 Å². The van der Waals surface area contributed by atoms with Crippen molar-refractivity contribution in [3.63, 3.8) is 0 Å². The number of benzene rings is 1. The molecule has 0 heterocycles. The van der Waals surface area contributed by atoms with Gasteiger partial charge in [0.05, 0.1) is 12.5 Å². The largest absolute Gasteiger partial charge is 0.463 e. The smallest absolute Gasteiger partial charge is 0.310 e. The SMILES string of the molecule is Cc1cc(Cl)c(CC(=O)OC(C)C)cc1C. The molecule has 0 fully saturated rings. The molecule has 0 N–H and O–H groups in total. The molecule has 0 amide bonds. The zero-order valence-electron chi connectivity index (χ0n) is 10.1. The Hall–Kier alpha value is -1.02. The maximum Gasteiger partial charge on any atom is 0.310 e. The summed E-state index contributed by atoms with van der Waals surface area (Å²) in [7, 11) is 0. The molecule has 0 atom stereocenters. The monoisotopic (exact) mass is 240 g/mol. The third-order valence-electron chi connectivity index (χ3n) is 2.36. The lowest BCUT2D eigenvalue weighted by Gasteiger charge is -2.10. The van der Waals surface area contributed by atoms with Crippen LogP contribution < -0.4 is 0 Å². The van der Waals surface area contributed by atoms with E-state index in [2.05, 4.69) is 0 Å². The number of aryl methyl sites for hydroxylation is 2. The Morgan fingerprint density at radius 1 is 1.31 bits per heavy atom. The van der Waals surface area contributed by atoms with E-state index in [9.17, 15) is 4.79 Å². The highest BCUT2D eigenvalue weighted by Crippen LogP contribution is 2.21. The maximum atomic E-state index is 11.5. The number of ether oxygens (including phenoxy) is 1. The van der Waals surface area contributed by atoms with Crippen LogP contribution in [0.1, 0.15) is 30.5 Å². The van der Waals surface area contributed by atoms with E-state index in [0.717, 1.165) is 16.7 Å². The lowest BCUT2D eigenvalue weighted by Crippen LogP contribution is -2.14. The molecule has 2 nitrogen and oxygen atoms in total. The van der Waals surface area contributed by atoms with E-state index in [1.54, 1.807) is 0 Å². The third kappa shape index (κ3) is 3.53. The van der Waals surface area contributed by atoms with Crippen LogP contribution in [0, 0.1) is 13.8 Å². The van der Waals surface area contributed by atoms with Crippen LogP contribution in [0.25, 0.3) is 0 Å². The van der Waals surface area contributed by atoms with Gasteiger partial charge in [0.25, 0.3) is 0 Å². The second-order valence-corrected chi connectivity index (χ2v) is 4.65. The van der Waals surface area contributed by atoms with Gasteiger partial charge >= 0.3 is 5.97 Å². The summed E-state index contributed by atoms with van der Waals surface area (Å²) in [5, 5.41) is 0.629. The highest BCUT2D eigenvalue weighted by Gasteiger charge is 2.11. The Labute approximate surface area is 102 Å². The lowest BCUT2D eigenvalue weighted by molar-refractivity contribution is -0.146. The molecule has 1 aromatic carbocycles. The number of esters is 1. The van der Waals surface area contributed by atoms with E-state index in [-0.39, 0.29) is 18.5 Å². The number of rotatable bonds is 3. The Kier molecular flexibility index (Phi) is 4.36. The van der Waals surface area contributed by atoms with Gasteiger partial charge in [-0.05, 0) is 50.5 Å². The van der Waals surface area contributed by atoms with Gasteiger partial charge in [-0.2, -0.15) is 0 Å². The third-order valence-corrected chi connectivity index (χ3v) is 2.72. The number of hydrogen-bond donors (Lipinski definition) is 0. The van der Waals surface area contributed by atoms with Gasteiger partial charge in [-0.25, -0.2) is 0 Å². The molecular weight excluding hydrogens is 224 g/mol. The molecule has 0 spiro atoms. The molecule has 0 radical (unpaired) electrons. The van der Waals surface area contributed by atoms with Crippen LogP contribution in [-0.2, 0) is 16.0 Å². The van der Waals surface area contributed by atoms with Crippen molar-refractivity contribution in [3.8, 4) is 0 Å². The summed E-state index contributed by atoms with van der Waals surface area (Å²) in [6, 6.07) is 3.83. The molecule has 1 rings (SSSR count). The highest BCUT2D eigenvalue weighted by molar-refractivity contribution is 6.31. The topological polar surface area (TPSA) is 26.3 Å². The van der Waals surface area contributed by atoms with Crippen molar-refractivity contribution in [1.29, 1.82) is 0 Å². The average molecular weight is 241 g/mol. The van der Waals surface area contributed by atoms with Gasteiger partial charge in [0, 0.05) is 5.02 Å². The predicted octanol–water partition coefficient (Wildman–Crippen LogP) is 3.45. The molecular formula is C13H17ClO2. The first-order valence-electron chi connectivity index (χ1n) is 5.35. The van der Waals surface area contributed by atoms with Crippen LogP contribution in [0.15, 0.2) is 12.1 Å². The van der Waals surface area contributed by atoms with Gasteiger partial charge in [-0.3, -0.25) is 4.79 Å². The molecule has 0 bridgehead atoms. The van der Waals surface area contributed by atoms with Crippen molar-refractivity contribution in [2.75, 3.05) is 0 Å². The second kappa shape index (κ2) is 5.35. The predicted molar refractivity (Wildman–Crippen MR) is 65.9 cm³/mol. The van der Waals surface area contributed by atoms with Gasteiger partial charge in [0.2, 0.25) is 0 Å². The fourth-order valence-electron chi connectivity index (χ4n) is 1.44. The molecule has 0 aliphatic heterocycles. The van der Waals surface area contributed by atoms with E-state index in [1.807, 2.05) is 39.8 Å². The second-order valence-electron chi connectivity index (χ2n) is 4.24. The fourth-order valence-corrected chi connectivity index (χ4v) is 1.72. The minimum Gasteiger partial charge on any atom is -0.463 e. The standard InChI is InChI=1S/C13H17ClO2/c1-8(2)16-13(15)7-11-5-9(3)10(4)6-12(11)14/h5-6,8H,7H2,1-4H3. The minimum absolute atomic E-state index is 0.0854. The maximum absolute atomic E-state index is 11.5. The average Bonchev–Trinajstić information content (AvgIpc) is 2.12. The van der Waals surface area contributed by atoms with Crippen molar-refractivity contribution in [1.82, 2.24) is 0 Å². The van der Waals surface area contributed by atoms with Crippen LogP contribution >= 0.6 is 11.6 Å². The molecule has 0 saturated carbocycles. The molecule has 1 aromatic rings. The summed E-state index contributed by atoms with van der Waals surface area (Å²) in [6.07, 6.45) is 0.149. The van der Waals surface area contributed by atoms with Crippen molar-refractivity contribution < 1.29 is 9.53 Å². The molecule has 0 aliphatic carbocycles. The van der Waals surface area contributed by atoms with Crippen LogP contribution in [0.5, 0.6) is 0 Å². The first-order chi connectivity index (χ1) is 7.40. The number of carbonyl (C=O) groups excluding carboxylic acids is 1. The molecule has 0 saturated heterocycles. The quantitative estimate of drug-likeness (QED) is 0.757.